The number of nitrogens with one attached hydrogen (secondary N) is 1. The lowest BCUT2D eigenvalue weighted by molar-refractivity contribution is 0.438. The summed E-state index contributed by atoms with van der Waals surface area (Å²) in [6.07, 6.45) is 7.21. The zero-order chi connectivity index (χ0) is 24.6. The number of terminal acetylenes is 1. The standard InChI is InChI=1S/C25H17F4N5O/c1-2-12-17-10(7-16(26)18(12)27)6-11(30)8-14(17)21-20(29)22-15(9-31-21)24(33-25(35)32-22)34-5-3-4-13-19(28)23(13)34/h1,6-9,13,19,23H,3-5,30H2,(H,32,33,35)/t13-,19+,23-/m0/s1. The Hall–Kier alpha value is -4.13. The van der Waals surface area contributed by atoms with Crippen molar-refractivity contribution in [2.45, 2.75) is 25.1 Å². The highest BCUT2D eigenvalue weighted by Crippen LogP contribution is 2.48. The van der Waals surface area contributed by atoms with Crippen molar-refractivity contribution in [2.75, 3.05) is 17.2 Å². The molecule has 0 radical (unpaired) electrons. The van der Waals surface area contributed by atoms with Gasteiger partial charge in [-0.25, -0.2) is 22.4 Å². The van der Waals surface area contributed by atoms with Crippen LogP contribution in [0.25, 0.3) is 32.9 Å². The molecule has 2 aliphatic rings. The number of halogens is 4. The lowest BCUT2D eigenvalue weighted by Crippen LogP contribution is -2.34. The molecule has 3 N–H and O–H groups in total. The third-order valence-electron chi connectivity index (χ3n) is 6.85. The molecule has 176 valence electrons. The Bertz CT molecular complexity index is 1660. The van der Waals surface area contributed by atoms with Crippen LogP contribution < -0.4 is 16.3 Å². The van der Waals surface area contributed by atoms with Gasteiger partial charge in [-0.05, 0) is 36.4 Å². The molecule has 0 unspecified atom stereocenters. The summed E-state index contributed by atoms with van der Waals surface area (Å²) in [5.74, 6) is -1.19. The van der Waals surface area contributed by atoms with Gasteiger partial charge in [-0.2, -0.15) is 4.98 Å². The summed E-state index contributed by atoms with van der Waals surface area (Å²) in [6, 6.07) is 3.26. The highest BCUT2D eigenvalue weighted by atomic mass is 19.2. The number of aromatic amines is 1. The van der Waals surface area contributed by atoms with Gasteiger partial charge in [0.1, 0.15) is 17.7 Å². The van der Waals surface area contributed by atoms with Crippen LogP contribution in [0.5, 0.6) is 0 Å². The van der Waals surface area contributed by atoms with Crippen LogP contribution in [0.15, 0.2) is 29.2 Å². The number of nitrogen functional groups attached to an aromatic ring is 1. The largest absolute Gasteiger partial charge is 0.399 e. The van der Waals surface area contributed by atoms with Gasteiger partial charge >= 0.3 is 5.69 Å². The van der Waals surface area contributed by atoms with E-state index < -0.39 is 40.9 Å². The van der Waals surface area contributed by atoms with Gasteiger partial charge in [-0.1, -0.05) is 5.92 Å². The fourth-order valence-electron chi connectivity index (χ4n) is 5.25. The third-order valence-corrected chi connectivity index (χ3v) is 6.85. The SMILES string of the molecule is C#Cc1c(F)c(F)cc2cc(N)cc(-c3ncc4c(N5CCC[C@H]6[C@@H](F)[C@H]65)nc(=O)[nH]c4c3F)c12. The smallest absolute Gasteiger partial charge is 0.347 e. The van der Waals surface area contributed by atoms with E-state index in [9.17, 15) is 18.0 Å². The van der Waals surface area contributed by atoms with E-state index in [2.05, 4.69) is 20.9 Å². The minimum Gasteiger partial charge on any atom is -0.399 e. The van der Waals surface area contributed by atoms with Crippen LogP contribution in [0.1, 0.15) is 18.4 Å². The van der Waals surface area contributed by atoms with Crippen molar-refractivity contribution in [3.8, 4) is 23.6 Å². The molecule has 1 aliphatic carbocycles. The number of rotatable bonds is 2. The molecule has 0 amide bonds. The quantitative estimate of drug-likeness (QED) is 0.257. The van der Waals surface area contributed by atoms with Crippen LogP contribution in [0, 0.1) is 35.7 Å². The zero-order valence-corrected chi connectivity index (χ0v) is 18.1. The summed E-state index contributed by atoms with van der Waals surface area (Å²) in [5, 5.41) is 0.424. The van der Waals surface area contributed by atoms with Gasteiger partial charge in [0.2, 0.25) is 0 Å². The first-order chi connectivity index (χ1) is 16.8. The number of benzene rings is 2. The van der Waals surface area contributed by atoms with Crippen molar-refractivity contribution in [2.24, 2.45) is 5.92 Å². The van der Waals surface area contributed by atoms with Crippen LogP contribution >= 0.6 is 0 Å². The summed E-state index contributed by atoms with van der Waals surface area (Å²) in [6.45, 7) is 0.479. The number of fused-ring (bicyclic) bond motifs is 3. The van der Waals surface area contributed by atoms with Gasteiger partial charge in [0.05, 0.1) is 22.5 Å². The van der Waals surface area contributed by atoms with Crippen molar-refractivity contribution in [1.29, 1.82) is 0 Å². The van der Waals surface area contributed by atoms with Crippen LogP contribution in [0.4, 0.5) is 29.1 Å². The molecule has 1 aliphatic heterocycles. The number of hydrogen-bond acceptors (Lipinski definition) is 5. The first-order valence-electron chi connectivity index (χ1n) is 11.0. The van der Waals surface area contributed by atoms with Gasteiger partial charge in [0, 0.05) is 35.3 Å². The second kappa shape index (κ2) is 7.43. The zero-order valence-electron chi connectivity index (χ0n) is 18.1. The average molecular weight is 479 g/mol. The molecule has 2 aromatic carbocycles. The number of nitrogens with zero attached hydrogens (tertiary/aromatic N) is 3. The minimum atomic E-state index is -1.25. The maximum absolute atomic E-state index is 15.9. The molecule has 4 aromatic rings. The van der Waals surface area contributed by atoms with E-state index in [4.69, 9.17) is 12.2 Å². The number of alkyl halides is 1. The number of pyridine rings is 1. The Balaban J connectivity index is 1.62. The fourth-order valence-corrected chi connectivity index (χ4v) is 5.25. The predicted molar refractivity (Wildman–Crippen MR) is 124 cm³/mol. The molecule has 1 saturated heterocycles. The molecule has 0 bridgehead atoms. The summed E-state index contributed by atoms with van der Waals surface area (Å²) in [5.41, 5.74) is 4.47. The average Bonchev–Trinajstić information content (AvgIpc) is 3.50. The van der Waals surface area contributed by atoms with Gasteiger partial charge in [-0.3, -0.25) is 4.98 Å². The van der Waals surface area contributed by atoms with Gasteiger partial charge in [0.15, 0.2) is 17.5 Å². The molecule has 2 aromatic heterocycles. The van der Waals surface area contributed by atoms with Gasteiger partial charge < -0.3 is 15.6 Å². The van der Waals surface area contributed by atoms with E-state index in [1.807, 2.05) is 0 Å². The number of anilines is 2. The van der Waals surface area contributed by atoms with Crippen LogP contribution in [0.2, 0.25) is 0 Å². The Labute approximate surface area is 195 Å². The highest BCUT2D eigenvalue weighted by Gasteiger charge is 2.56. The minimum absolute atomic E-state index is 0.0366. The normalized spacial score (nSPS) is 21.2. The number of nitrogens with two attached hydrogens (primary N) is 1. The first-order valence-corrected chi connectivity index (χ1v) is 11.0. The van der Waals surface area contributed by atoms with Gasteiger partial charge in [0.25, 0.3) is 0 Å². The van der Waals surface area contributed by atoms with E-state index in [0.717, 1.165) is 18.9 Å². The Morgan fingerprint density at radius 1 is 1.20 bits per heavy atom. The van der Waals surface area contributed by atoms with Crippen LogP contribution in [-0.4, -0.2) is 33.7 Å². The fraction of sp³-hybridized carbons (Fsp3) is 0.240. The van der Waals surface area contributed by atoms with E-state index in [0.29, 0.717) is 6.54 Å². The molecule has 0 spiro atoms. The molecule has 1 saturated carbocycles. The summed E-state index contributed by atoms with van der Waals surface area (Å²) >= 11 is 0. The predicted octanol–water partition coefficient (Wildman–Crippen LogP) is 4.06. The third kappa shape index (κ3) is 3.07. The lowest BCUT2D eigenvalue weighted by atomic mass is 9.95. The molecule has 6 rings (SSSR count). The van der Waals surface area contributed by atoms with E-state index >= 15 is 4.39 Å². The molecular formula is C25H17F4N5O. The maximum Gasteiger partial charge on any atom is 0.347 e. The van der Waals surface area contributed by atoms with Crippen LogP contribution in [-0.2, 0) is 0 Å². The van der Waals surface area contributed by atoms with Crippen molar-refractivity contribution in [1.82, 2.24) is 15.0 Å². The van der Waals surface area contributed by atoms with E-state index in [1.165, 1.54) is 18.3 Å². The van der Waals surface area contributed by atoms with Gasteiger partial charge in [-0.15, -0.1) is 6.42 Å². The Morgan fingerprint density at radius 3 is 2.77 bits per heavy atom. The molecule has 3 atom stereocenters. The molecule has 6 nitrogen and oxygen atoms in total. The molecule has 2 fully saturated rings. The maximum atomic E-state index is 15.9. The molecular weight excluding hydrogens is 462 g/mol. The van der Waals surface area contributed by atoms with Crippen molar-refractivity contribution >= 4 is 33.2 Å². The number of aromatic nitrogens is 3. The monoisotopic (exact) mass is 479 g/mol. The molecule has 10 heteroatoms. The first kappa shape index (κ1) is 21.4. The second-order valence-corrected chi connectivity index (χ2v) is 8.87. The topological polar surface area (TPSA) is 87.9 Å². The Kier molecular flexibility index (Phi) is 4.55. The number of hydrogen-bond donors (Lipinski definition) is 2. The Morgan fingerprint density at radius 2 is 2.00 bits per heavy atom. The van der Waals surface area contributed by atoms with Crippen LogP contribution in [0.3, 0.4) is 0 Å². The van der Waals surface area contributed by atoms with E-state index in [-0.39, 0.29) is 50.4 Å². The van der Waals surface area contributed by atoms with E-state index in [1.54, 1.807) is 4.90 Å². The lowest BCUT2D eigenvalue weighted by Gasteiger charge is -2.27. The number of H-pyrrole nitrogens is 1. The summed E-state index contributed by atoms with van der Waals surface area (Å²) in [7, 11) is 0. The molecule has 35 heavy (non-hydrogen) atoms. The number of piperidine rings is 1. The van der Waals surface area contributed by atoms with Crippen molar-refractivity contribution in [3.63, 3.8) is 0 Å². The van der Waals surface area contributed by atoms with Crippen molar-refractivity contribution < 1.29 is 17.6 Å². The molecule has 3 heterocycles. The van der Waals surface area contributed by atoms with Crippen molar-refractivity contribution in [3.05, 3.63) is 57.9 Å². The summed E-state index contributed by atoms with van der Waals surface area (Å²) in [4.78, 5) is 24.7. The highest BCUT2D eigenvalue weighted by molar-refractivity contribution is 6.03. The second-order valence-electron chi connectivity index (χ2n) is 8.87. The summed E-state index contributed by atoms with van der Waals surface area (Å²) < 4.78 is 58.8.